The number of hydrogen-bond acceptors (Lipinski definition) is 3. The predicted molar refractivity (Wildman–Crippen MR) is 64.9 cm³/mol. The van der Waals surface area contributed by atoms with Gasteiger partial charge in [0.05, 0.1) is 0 Å². The summed E-state index contributed by atoms with van der Waals surface area (Å²) in [5, 5.41) is 11.5. The maximum Gasteiger partial charge on any atom is 0.408 e. The lowest BCUT2D eigenvalue weighted by molar-refractivity contribution is -0.142. The number of nitrogens with one attached hydrogen (secondary N) is 1. The normalized spacial score (nSPS) is 14.0. The smallest absolute Gasteiger partial charge is 0.408 e. The van der Waals surface area contributed by atoms with Crippen LogP contribution >= 0.6 is 0 Å². The Labute approximate surface area is 103 Å². The molecule has 0 aromatic carbocycles. The molecule has 0 spiro atoms. The lowest BCUT2D eigenvalue weighted by Gasteiger charge is -2.31. The quantitative estimate of drug-likeness (QED) is 0.797. The van der Waals surface area contributed by atoms with Crippen LogP contribution in [0.25, 0.3) is 0 Å². The zero-order valence-electron chi connectivity index (χ0n) is 11.5. The number of ether oxygens (including phenoxy) is 1. The van der Waals surface area contributed by atoms with E-state index in [2.05, 4.69) is 5.32 Å². The maximum absolute atomic E-state index is 11.5. The van der Waals surface area contributed by atoms with Crippen molar-refractivity contribution in [2.45, 2.75) is 59.6 Å². The van der Waals surface area contributed by atoms with E-state index in [0.717, 1.165) is 0 Å². The van der Waals surface area contributed by atoms with Crippen LogP contribution in [0.3, 0.4) is 0 Å². The van der Waals surface area contributed by atoms with Crippen molar-refractivity contribution in [2.24, 2.45) is 5.41 Å². The van der Waals surface area contributed by atoms with Gasteiger partial charge >= 0.3 is 12.1 Å². The molecule has 17 heavy (non-hydrogen) atoms. The van der Waals surface area contributed by atoms with E-state index in [9.17, 15) is 9.59 Å². The van der Waals surface area contributed by atoms with Crippen LogP contribution in [-0.2, 0) is 9.53 Å². The molecule has 100 valence electrons. The largest absolute Gasteiger partial charge is 0.480 e. The Morgan fingerprint density at radius 3 is 2.00 bits per heavy atom. The van der Waals surface area contributed by atoms with Crippen molar-refractivity contribution in [3.8, 4) is 0 Å². The van der Waals surface area contributed by atoms with Crippen molar-refractivity contribution in [3.05, 3.63) is 0 Å². The number of carboxylic acid groups (broad SMARTS) is 1. The Morgan fingerprint density at radius 2 is 1.71 bits per heavy atom. The molecule has 0 aromatic heterocycles. The van der Waals surface area contributed by atoms with Crippen LogP contribution in [0.2, 0.25) is 0 Å². The highest BCUT2D eigenvalue weighted by Gasteiger charge is 2.36. The highest BCUT2D eigenvalue weighted by molar-refractivity contribution is 5.80. The fourth-order valence-corrected chi connectivity index (χ4v) is 1.22. The summed E-state index contributed by atoms with van der Waals surface area (Å²) in [5.41, 5.74) is -1.16. The summed E-state index contributed by atoms with van der Waals surface area (Å²) in [5.74, 6) is -1.05. The van der Waals surface area contributed by atoms with Crippen LogP contribution in [0.4, 0.5) is 4.79 Å². The first-order valence-electron chi connectivity index (χ1n) is 5.72. The van der Waals surface area contributed by atoms with Crippen LogP contribution in [0, 0.1) is 5.41 Å². The van der Waals surface area contributed by atoms with Gasteiger partial charge < -0.3 is 15.2 Å². The van der Waals surface area contributed by atoms with E-state index in [1.807, 2.05) is 6.92 Å². The summed E-state index contributed by atoms with van der Waals surface area (Å²) in [6.45, 7) is 10.7. The fourth-order valence-electron chi connectivity index (χ4n) is 1.22. The van der Waals surface area contributed by atoms with Gasteiger partial charge in [0.1, 0.15) is 11.6 Å². The van der Waals surface area contributed by atoms with Gasteiger partial charge in [-0.05, 0) is 32.6 Å². The Balaban J connectivity index is 4.69. The molecular weight excluding hydrogens is 222 g/mol. The van der Waals surface area contributed by atoms with E-state index < -0.39 is 29.1 Å². The van der Waals surface area contributed by atoms with E-state index >= 15 is 0 Å². The molecule has 0 aliphatic heterocycles. The molecule has 0 aromatic rings. The molecule has 5 nitrogen and oxygen atoms in total. The molecule has 1 amide bonds. The standard InChI is InChI=1S/C12H23NO4/c1-7-12(5,6)8(9(14)15)13-10(16)17-11(2,3)4/h8H,7H2,1-6H3,(H,13,16)(H,14,15). The minimum atomic E-state index is -1.05. The number of carbonyl (C=O) groups is 2. The van der Waals surface area contributed by atoms with E-state index in [4.69, 9.17) is 9.84 Å². The minimum absolute atomic E-state index is 0.525. The van der Waals surface area contributed by atoms with Gasteiger partial charge in [0.25, 0.3) is 0 Å². The Morgan fingerprint density at radius 1 is 1.24 bits per heavy atom. The SMILES string of the molecule is CCC(C)(C)C(NC(=O)OC(C)(C)C)C(=O)O. The highest BCUT2D eigenvalue weighted by Crippen LogP contribution is 2.25. The summed E-state index contributed by atoms with van der Waals surface area (Å²) in [6, 6.07) is -0.956. The zero-order chi connectivity index (χ0) is 13.9. The van der Waals surface area contributed by atoms with E-state index in [1.54, 1.807) is 34.6 Å². The molecular formula is C12H23NO4. The molecule has 0 saturated carbocycles. The average molecular weight is 245 g/mol. The zero-order valence-corrected chi connectivity index (χ0v) is 11.5. The van der Waals surface area contributed by atoms with Crippen LogP contribution < -0.4 is 5.32 Å². The van der Waals surface area contributed by atoms with E-state index in [1.165, 1.54) is 0 Å². The monoisotopic (exact) mass is 245 g/mol. The Kier molecular flexibility index (Phi) is 4.98. The molecule has 5 heteroatoms. The van der Waals surface area contributed by atoms with Crippen molar-refractivity contribution in [3.63, 3.8) is 0 Å². The summed E-state index contributed by atoms with van der Waals surface area (Å²) < 4.78 is 5.04. The third-order valence-electron chi connectivity index (χ3n) is 2.60. The van der Waals surface area contributed by atoms with Crippen molar-refractivity contribution in [2.75, 3.05) is 0 Å². The van der Waals surface area contributed by atoms with Gasteiger partial charge in [-0.25, -0.2) is 9.59 Å². The van der Waals surface area contributed by atoms with Gasteiger partial charge in [0, 0.05) is 0 Å². The summed E-state index contributed by atoms with van der Waals surface area (Å²) in [7, 11) is 0. The molecule has 0 fully saturated rings. The number of alkyl carbamates (subject to hydrolysis) is 1. The van der Waals surface area contributed by atoms with E-state index in [-0.39, 0.29) is 0 Å². The van der Waals surface area contributed by atoms with Crippen molar-refractivity contribution in [1.82, 2.24) is 5.32 Å². The molecule has 0 heterocycles. The average Bonchev–Trinajstić information content (AvgIpc) is 2.10. The van der Waals surface area contributed by atoms with Crippen molar-refractivity contribution < 1.29 is 19.4 Å². The highest BCUT2D eigenvalue weighted by atomic mass is 16.6. The van der Waals surface area contributed by atoms with Crippen LogP contribution in [0.15, 0.2) is 0 Å². The Hall–Kier alpha value is -1.26. The van der Waals surface area contributed by atoms with Gasteiger partial charge in [0.15, 0.2) is 0 Å². The molecule has 0 aliphatic rings. The summed E-state index contributed by atoms with van der Waals surface area (Å²) in [6.07, 6.45) is -0.0637. The third-order valence-corrected chi connectivity index (χ3v) is 2.60. The molecule has 0 radical (unpaired) electrons. The maximum atomic E-state index is 11.5. The first-order valence-corrected chi connectivity index (χ1v) is 5.72. The number of rotatable bonds is 4. The van der Waals surface area contributed by atoms with Crippen LogP contribution in [0.5, 0.6) is 0 Å². The number of hydrogen-bond donors (Lipinski definition) is 2. The minimum Gasteiger partial charge on any atom is -0.480 e. The molecule has 2 N–H and O–H groups in total. The molecule has 0 rings (SSSR count). The predicted octanol–water partition coefficient (Wildman–Crippen LogP) is 2.40. The second-order valence-electron chi connectivity index (χ2n) is 5.76. The number of carboxylic acids is 1. The van der Waals surface area contributed by atoms with Crippen molar-refractivity contribution >= 4 is 12.1 Å². The van der Waals surface area contributed by atoms with Crippen LogP contribution in [-0.4, -0.2) is 28.8 Å². The number of amides is 1. The third kappa shape index (κ3) is 5.56. The summed E-state index contributed by atoms with van der Waals surface area (Å²) in [4.78, 5) is 22.7. The van der Waals surface area contributed by atoms with E-state index in [0.29, 0.717) is 6.42 Å². The molecule has 0 saturated heterocycles. The van der Waals surface area contributed by atoms with Gasteiger partial charge in [-0.15, -0.1) is 0 Å². The molecule has 1 atom stereocenters. The fraction of sp³-hybridized carbons (Fsp3) is 0.833. The van der Waals surface area contributed by atoms with Gasteiger partial charge in [-0.3, -0.25) is 0 Å². The second kappa shape index (κ2) is 5.38. The first-order chi connectivity index (χ1) is 7.49. The topological polar surface area (TPSA) is 75.6 Å². The van der Waals surface area contributed by atoms with Gasteiger partial charge in [0.2, 0.25) is 0 Å². The number of carbonyl (C=O) groups excluding carboxylic acids is 1. The first kappa shape index (κ1) is 15.7. The lowest BCUT2D eigenvalue weighted by atomic mass is 9.82. The van der Waals surface area contributed by atoms with Gasteiger partial charge in [-0.1, -0.05) is 20.8 Å². The second-order valence-corrected chi connectivity index (χ2v) is 5.76. The molecule has 1 unspecified atom stereocenters. The molecule has 0 aliphatic carbocycles. The van der Waals surface area contributed by atoms with Gasteiger partial charge in [-0.2, -0.15) is 0 Å². The lowest BCUT2D eigenvalue weighted by Crippen LogP contribution is -2.51. The van der Waals surface area contributed by atoms with Crippen molar-refractivity contribution in [1.29, 1.82) is 0 Å². The van der Waals surface area contributed by atoms with Crippen LogP contribution in [0.1, 0.15) is 48.0 Å². The Bertz CT molecular complexity index is 291. The number of aliphatic carboxylic acids is 1. The molecule has 0 bridgehead atoms. The summed E-state index contributed by atoms with van der Waals surface area (Å²) >= 11 is 0.